The van der Waals surface area contributed by atoms with Gasteiger partial charge in [0, 0.05) is 20.1 Å². The quantitative estimate of drug-likeness (QED) is 0.544. The Morgan fingerprint density at radius 2 is 2.08 bits per heavy atom. The van der Waals surface area contributed by atoms with Crippen LogP contribution in [0.25, 0.3) is 0 Å². The summed E-state index contributed by atoms with van der Waals surface area (Å²) in [4.78, 5) is 2.11. The smallest absolute Gasteiger partial charge is 0.168 e. The van der Waals surface area contributed by atoms with Crippen molar-refractivity contribution in [3.8, 4) is 0 Å². The van der Waals surface area contributed by atoms with E-state index in [2.05, 4.69) is 31.0 Å². The van der Waals surface area contributed by atoms with Crippen molar-refractivity contribution >= 4 is 17.3 Å². The summed E-state index contributed by atoms with van der Waals surface area (Å²) in [5, 5.41) is 4.12. The van der Waals surface area contributed by atoms with Crippen molar-refractivity contribution in [2.75, 3.05) is 20.1 Å². The van der Waals surface area contributed by atoms with Gasteiger partial charge in [-0.2, -0.15) is 0 Å². The Kier molecular flexibility index (Phi) is 6.96. The molecule has 0 aliphatic heterocycles. The van der Waals surface area contributed by atoms with Gasteiger partial charge in [0.15, 0.2) is 5.11 Å². The molecule has 0 radical (unpaired) electrons. The van der Waals surface area contributed by atoms with E-state index in [1.165, 1.54) is 12.8 Å². The number of nitrogens with zero attached hydrogens (tertiary/aromatic N) is 1. The van der Waals surface area contributed by atoms with E-state index in [1.807, 2.05) is 7.05 Å². The third-order valence-electron chi connectivity index (χ3n) is 1.79. The normalized spacial score (nSPS) is 10.2. The molecule has 0 saturated heterocycles. The maximum atomic E-state index is 5.22. The standard InChI is InChI=1S/C10H22N2S/c1-5-6-7-11-10(13)12(4)8-9(2)3/h9H,5-8H2,1-4H3,(H,11,13). The average Bonchev–Trinajstić information content (AvgIpc) is 2.03. The first-order valence-corrected chi connectivity index (χ1v) is 5.47. The predicted octanol–water partition coefficient (Wildman–Crippen LogP) is 2.25. The summed E-state index contributed by atoms with van der Waals surface area (Å²) < 4.78 is 0. The van der Waals surface area contributed by atoms with Crippen LogP contribution in [0.4, 0.5) is 0 Å². The van der Waals surface area contributed by atoms with Crippen LogP contribution in [0.15, 0.2) is 0 Å². The minimum Gasteiger partial charge on any atom is -0.363 e. The lowest BCUT2D eigenvalue weighted by atomic mass is 10.2. The van der Waals surface area contributed by atoms with Crippen LogP contribution in [-0.4, -0.2) is 30.1 Å². The van der Waals surface area contributed by atoms with E-state index in [0.717, 1.165) is 18.2 Å². The topological polar surface area (TPSA) is 15.3 Å². The molecule has 0 unspecified atom stereocenters. The van der Waals surface area contributed by atoms with Gasteiger partial charge in [0.05, 0.1) is 0 Å². The van der Waals surface area contributed by atoms with Crippen LogP contribution in [0.2, 0.25) is 0 Å². The largest absolute Gasteiger partial charge is 0.363 e. The van der Waals surface area contributed by atoms with E-state index >= 15 is 0 Å². The van der Waals surface area contributed by atoms with Crippen LogP contribution in [0, 0.1) is 5.92 Å². The van der Waals surface area contributed by atoms with Crippen molar-refractivity contribution in [3.63, 3.8) is 0 Å². The monoisotopic (exact) mass is 202 g/mol. The lowest BCUT2D eigenvalue weighted by molar-refractivity contribution is 0.418. The maximum Gasteiger partial charge on any atom is 0.168 e. The molecule has 0 heterocycles. The van der Waals surface area contributed by atoms with Gasteiger partial charge in [-0.25, -0.2) is 0 Å². The summed E-state index contributed by atoms with van der Waals surface area (Å²) in [7, 11) is 2.04. The molecule has 0 aliphatic rings. The second-order valence-corrected chi connectivity index (χ2v) is 4.25. The Hall–Kier alpha value is -0.310. The van der Waals surface area contributed by atoms with E-state index in [-0.39, 0.29) is 0 Å². The Balaban J connectivity index is 3.57. The average molecular weight is 202 g/mol. The van der Waals surface area contributed by atoms with Gasteiger partial charge < -0.3 is 10.2 Å². The Morgan fingerprint density at radius 1 is 1.46 bits per heavy atom. The number of thiocarbonyl (C=S) groups is 1. The van der Waals surface area contributed by atoms with E-state index in [9.17, 15) is 0 Å². The number of rotatable bonds is 5. The van der Waals surface area contributed by atoms with Crippen molar-refractivity contribution in [3.05, 3.63) is 0 Å². The molecule has 0 rings (SSSR count). The van der Waals surface area contributed by atoms with E-state index < -0.39 is 0 Å². The highest BCUT2D eigenvalue weighted by molar-refractivity contribution is 7.80. The molecular weight excluding hydrogens is 180 g/mol. The second-order valence-electron chi connectivity index (χ2n) is 3.86. The molecular formula is C10H22N2S. The summed E-state index contributed by atoms with van der Waals surface area (Å²) in [5.74, 6) is 0.663. The minimum atomic E-state index is 0.663. The zero-order chi connectivity index (χ0) is 10.3. The van der Waals surface area contributed by atoms with Crippen LogP contribution in [0.5, 0.6) is 0 Å². The Morgan fingerprint density at radius 3 is 2.54 bits per heavy atom. The first-order chi connectivity index (χ1) is 6.07. The van der Waals surface area contributed by atoms with Crippen molar-refractivity contribution in [2.45, 2.75) is 33.6 Å². The highest BCUT2D eigenvalue weighted by Crippen LogP contribution is 1.96. The predicted molar refractivity (Wildman–Crippen MR) is 63.0 cm³/mol. The molecule has 13 heavy (non-hydrogen) atoms. The highest BCUT2D eigenvalue weighted by Gasteiger charge is 2.04. The van der Waals surface area contributed by atoms with Gasteiger partial charge in [-0.15, -0.1) is 0 Å². The van der Waals surface area contributed by atoms with Crippen LogP contribution in [0.1, 0.15) is 33.6 Å². The van der Waals surface area contributed by atoms with Gasteiger partial charge in [-0.05, 0) is 24.6 Å². The molecule has 78 valence electrons. The van der Waals surface area contributed by atoms with E-state index in [0.29, 0.717) is 5.92 Å². The summed E-state index contributed by atoms with van der Waals surface area (Å²) in [5.41, 5.74) is 0. The lowest BCUT2D eigenvalue weighted by Gasteiger charge is -2.22. The third kappa shape index (κ3) is 6.82. The SMILES string of the molecule is CCCCNC(=S)N(C)CC(C)C. The zero-order valence-electron chi connectivity index (χ0n) is 9.26. The summed E-state index contributed by atoms with van der Waals surface area (Å²) in [6.07, 6.45) is 2.40. The first kappa shape index (κ1) is 12.7. The van der Waals surface area contributed by atoms with Gasteiger partial charge in [-0.3, -0.25) is 0 Å². The fourth-order valence-electron chi connectivity index (χ4n) is 1.14. The number of unbranched alkanes of at least 4 members (excludes halogenated alkanes) is 1. The molecule has 0 fully saturated rings. The first-order valence-electron chi connectivity index (χ1n) is 5.06. The maximum absolute atomic E-state index is 5.22. The van der Waals surface area contributed by atoms with Crippen molar-refractivity contribution in [1.29, 1.82) is 0 Å². The van der Waals surface area contributed by atoms with Crippen LogP contribution in [0.3, 0.4) is 0 Å². The fourth-order valence-corrected chi connectivity index (χ4v) is 1.31. The Labute approximate surface area is 87.7 Å². The minimum absolute atomic E-state index is 0.663. The number of nitrogens with one attached hydrogen (secondary N) is 1. The molecule has 0 aromatic rings. The molecule has 0 amide bonds. The van der Waals surface area contributed by atoms with Crippen LogP contribution in [-0.2, 0) is 0 Å². The molecule has 0 aromatic heterocycles. The summed E-state index contributed by atoms with van der Waals surface area (Å²) in [6.45, 7) is 8.61. The van der Waals surface area contributed by atoms with Crippen molar-refractivity contribution in [1.82, 2.24) is 10.2 Å². The molecule has 0 saturated carbocycles. The van der Waals surface area contributed by atoms with Gasteiger partial charge in [0.1, 0.15) is 0 Å². The van der Waals surface area contributed by atoms with Gasteiger partial charge >= 0.3 is 0 Å². The Bertz CT molecular complexity index is 146. The van der Waals surface area contributed by atoms with Crippen molar-refractivity contribution in [2.24, 2.45) is 5.92 Å². The van der Waals surface area contributed by atoms with Gasteiger partial charge in [-0.1, -0.05) is 27.2 Å². The van der Waals surface area contributed by atoms with Crippen LogP contribution < -0.4 is 5.32 Å². The molecule has 2 nitrogen and oxygen atoms in total. The molecule has 0 atom stereocenters. The molecule has 0 bridgehead atoms. The molecule has 0 spiro atoms. The molecule has 0 aliphatic carbocycles. The second kappa shape index (κ2) is 7.13. The van der Waals surface area contributed by atoms with Crippen LogP contribution >= 0.6 is 12.2 Å². The highest BCUT2D eigenvalue weighted by atomic mass is 32.1. The van der Waals surface area contributed by atoms with E-state index in [1.54, 1.807) is 0 Å². The zero-order valence-corrected chi connectivity index (χ0v) is 10.1. The van der Waals surface area contributed by atoms with Gasteiger partial charge in [0.2, 0.25) is 0 Å². The number of hydrogen-bond donors (Lipinski definition) is 1. The van der Waals surface area contributed by atoms with Crippen molar-refractivity contribution < 1.29 is 0 Å². The molecule has 1 N–H and O–H groups in total. The molecule has 0 aromatic carbocycles. The van der Waals surface area contributed by atoms with E-state index in [4.69, 9.17) is 12.2 Å². The fraction of sp³-hybridized carbons (Fsp3) is 0.900. The molecule has 3 heteroatoms. The number of hydrogen-bond acceptors (Lipinski definition) is 1. The van der Waals surface area contributed by atoms with Gasteiger partial charge in [0.25, 0.3) is 0 Å². The summed E-state index contributed by atoms with van der Waals surface area (Å²) >= 11 is 5.22. The third-order valence-corrected chi connectivity index (χ3v) is 2.25. The summed E-state index contributed by atoms with van der Waals surface area (Å²) in [6, 6.07) is 0. The lowest BCUT2D eigenvalue weighted by Crippen LogP contribution is -2.39.